The summed E-state index contributed by atoms with van der Waals surface area (Å²) in [6.45, 7) is 5.60. The molecular weight excluding hydrogens is 218 g/mol. The minimum atomic E-state index is 0.357. The van der Waals surface area contributed by atoms with Crippen molar-refractivity contribution in [2.75, 3.05) is 30.8 Å². The van der Waals surface area contributed by atoms with Crippen molar-refractivity contribution < 1.29 is 4.74 Å². The van der Waals surface area contributed by atoms with E-state index in [-0.39, 0.29) is 0 Å². The van der Waals surface area contributed by atoms with E-state index in [0.717, 1.165) is 6.54 Å². The van der Waals surface area contributed by atoms with Crippen molar-refractivity contribution in [3.05, 3.63) is 0 Å². The van der Waals surface area contributed by atoms with Crippen LogP contribution < -0.4 is 15.4 Å². The maximum Gasteiger partial charge on any atom is 0.323 e. The third kappa shape index (κ3) is 3.18. The first kappa shape index (κ1) is 11.9. The van der Waals surface area contributed by atoms with E-state index >= 15 is 0 Å². The molecule has 0 unspecified atom stereocenters. The standard InChI is InChI=1S/C11H19N5O/c1-4-17-10-15-8(12-3)14-9(16-10)13-7-11(2)5-6-11/h4-7H2,1-3H3,(H2,12,13,14,15,16). The fraction of sp³-hybridized carbons (Fsp3) is 0.727. The molecule has 0 aromatic carbocycles. The number of nitrogens with zero attached hydrogens (tertiary/aromatic N) is 3. The van der Waals surface area contributed by atoms with Crippen LogP contribution in [0.4, 0.5) is 11.9 Å². The van der Waals surface area contributed by atoms with Gasteiger partial charge in [-0.1, -0.05) is 6.92 Å². The van der Waals surface area contributed by atoms with Gasteiger partial charge in [0, 0.05) is 13.6 Å². The Bertz CT molecular complexity index is 391. The van der Waals surface area contributed by atoms with Gasteiger partial charge in [0.1, 0.15) is 0 Å². The van der Waals surface area contributed by atoms with Gasteiger partial charge in [0.25, 0.3) is 0 Å². The fourth-order valence-electron chi connectivity index (χ4n) is 1.42. The van der Waals surface area contributed by atoms with E-state index in [0.29, 0.717) is 29.9 Å². The maximum absolute atomic E-state index is 5.29. The zero-order valence-corrected chi connectivity index (χ0v) is 10.6. The highest BCUT2D eigenvalue weighted by atomic mass is 16.5. The Hall–Kier alpha value is -1.59. The van der Waals surface area contributed by atoms with Crippen LogP contribution in [0.25, 0.3) is 0 Å². The van der Waals surface area contributed by atoms with Gasteiger partial charge in [-0.15, -0.1) is 0 Å². The minimum absolute atomic E-state index is 0.357. The van der Waals surface area contributed by atoms with Crippen LogP contribution in [0.15, 0.2) is 0 Å². The first-order chi connectivity index (χ1) is 8.15. The molecule has 1 aliphatic carbocycles. The van der Waals surface area contributed by atoms with Crippen LogP contribution in [0, 0.1) is 5.41 Å². The van der Waals surface area contributed by atoms with Crippen LogP contribution in [-0.2, 0) is 0 Å². The normalized spacial score (nSPS) is 16.4. The quantitative estimate of drug-likeness (QED) is 0.781. The van der Waals surface area contributed by atoms with E-state index in [1.54, 1.807) is 7.05 Å². The van der Waals surface area contributed by atoms with Crippen LogP contribution in [0.2, 0.25) is 0 Å². The first-order valence-corrected chi connectivity index (χ1v) is 5.96. The van der Waals surface area contributed by atoms with E-state index < -0.39 is 0 Å². The van der Waals surface area contributed by atoms with Crippen molar-refractivity contribution >= 4 is 11.9 Å². The predicted molar refractivity (Wildman–Crippen MR) is 66.4 cm³/mol. The lowest BCUT2D eigenvalue weighted by molar-refractivity contribution is 0.312. The van der Waals surface area contributed by atoms with Gasteiger partial charge in [0.05, 0.1) is 6.61 Å². The first-order valence-electron chi connectivity index (χ1n) is 5.96. The lowest BCUT2D eigenvalue weighted by Crippen LogP contribution is -2.15. The number of hydrogen-bond acceptors (Lipinski definition) is 6. The summed E-state index contributed by atoms with van der Waals surface area (Å²) in [5, 5.41) is 6.14. The average molecular weight is 237 g/mol. The van der Waals surface area contributed by atoms with Gasteiger partial charge in [-0.25, -0.2) is 0 Å². The fourth-order valence-corrected chi connectivity index (χ4v) is 1.42. The Balaban J connectivity index is 2.05. The Kier molecular flexibility index (Phi) is 3.31. The van der Waals surface area contributed by atoms with Gasteiger partial charge >= 0.3 is 6.01 Å². The van der Waals surface area contributed by atoms with Crippen LogP contribution in [-0.4, -0.2) is 35.2 Å². The third-order valence-corrected chi connectivity index (χ3v) is 2.89. The number of rotatable bonds is 6. The zero-order valence-electron chi connectivity index (χ0n) is 10.6. The number of nitrogens with one attached hydrogen (secondary N) is 2. The number of ether oxygens (including phenoxy) is 1. The highest BCUT2D eigenvalue weighted by Gasteiger charge is 2.37. The molecule has 17 heavy (non-hydrogen) atoms. The van der Waals surface area contributed by atoms with Gasteiger partial charge in [-0.3, -0.25) is 0 Å². The maximum atomic E-state index is 5.29. The molecule has 1 aliphatic rings. The predicted octanol–water partition coefficient (Wildman–Crippen LogP) is 1.52. The van der Waals surface area contributed by atoms with Crippen molar-refractivity contribution in [2.45, 2.75) is 26.7 Å². The van der Waals surface area contributed by atoms with Gasteiger partial charge in [-0.2, -0.15) is 15.0 Å². The second-order valence-corrected chi connectivity index (χ2v) is 4.61. The van der Waals surface area contributed by atoms with Crippen LogP contribution >= 0.6 is 0 Å². The topological polar surface area (TPSA) is 72.0 Å². The monoisotopic (exact) mass is 237 g/mol. The number of hydrogen-bond donors (Lipinski definition) is 2. The molecule has 1 fully saturated rings. The Morgan fingerprint density at radius 3 is 2.53 bits per heavy atom. The van der Waals surface area contributed by atoms with Gasteiger partial charge < -0.3 is 15.4 Å². The van der Waals surface area contributed by atoms with Crippen LogP contribution in [0.1, 0.15) is 26.7 Å². The molecule has 6 nitrogen and oxygen atoms in total. The summed E-state index contributed by atoms with van der Waals surface area (Å²) in [6.07, 6.45) is 2.53. The van der Waals surface area contributed by atoms with Gasteiger partial charge in [0.2, 0.25) is 11.9 Å². The van der Waals surface area contributed by atoms with Crippen molar-refractivity contribution in [3.8, 4) is 6.01 Å². The molecule has 1 saturated carbocycles. The molecule has 0 bridgehead atoms. The van der Waals surface area contributed by atoms with Crippen molar-refractivity contribution in [1.82, 2.24) is 15.0 Å². The minimum Gasteiger partial charge on any atom is -0.464 e. The van der Waals surface area contributed by atoms with Crippen molar-refractivity contribution in [3.63, 3.8) is 0 Å². The third-order valence-electron chi connectivity index (χ3n) is 2.89. The summed E-state index contributed by atoms with van der Waals surface area (Å²) in [7, 11) is 1.77. The summed E-state index contributed by atoms with van der Waals surface area (Å²) in [5.41, 5.74) is 0.415. The molecule has 0 spiro atoms. The highest BCUT2D eigenvalue weighted by molar-refractivity contribution is 5.35. The molecule has 0 saturated heterocycles. The van der Waals surface area contributed by atoms with Crippen molar-refractivity contribution in [2.24, 2.45) is 5.41 Å². The average Bonchev–Trinajstić information content (AvgIpc) is 3.06. The largest absolute Gasteiger partial charge is 0.464 e. The molecule has 1 heterocycles. The SMILES string of the molecule is CCOc1nc(NC)nc(NCC2(C)CC2)n1. The lowest BCUT2D eigenvalue weighted by atomic mass is 10.1. The molecular formula is C11H19N5O. The molecule has 0 amide bonds. The summed E-state index contributed by atoms with van der Waals surface area (Å²) in [4.78, 5) is 12.6. The second kappa shape index (κ2) is 4.73. The molecule has 2 N–H and O–H groups in total. The molecule has 6 heteroatoms. The zero-order chi connectivity index (χ0) is 12.3. The molecule has 94 valence electrons. The van der Waals surface area contributed by atoms with E-state index in [9.17, 15) is 0 Å². The highest BCUT2D eigenvalue weighted by Crippen LogP contribution is 2.44. The molecule has 0 aliphatic heterocycles. The van der Waals surface area contributed by atoms with E-state index in [2.05, 4.69) is 32.5 Å². The van der Waals surface area contributed by atoms with Crippen molar-refractivity contribution in [1.29, 1.82) is 0 Å². The summed E-state index contributed by atoms with van der Waals surface area (Å²) >= 11 is 0. The van der Waals surface area contributed by atoms with E-state index in [1.807, 2.05) is 6.92 Å². The smallest absolute Gasteiger partial charge is 0.323 e. The summed E-state index contributed by atoms with van der Waals surface area (Å²) in [6, 6.07) is 0.357. The van der Waals surface area contributed by atoms with Crippen LogP contribution in [0.3, 0.4) is 0 Å². The molecule has 0 radical (unpaired) electrons. The molecule has 0 atom stereocenters. The van der Waals surface area contributed by atoms with Gasteiger partial charge in [-0.05, 0) is 25.2 Å². The van der Waals surface area contributed by atoms with Gasteiger partial charge in [0.15, 0.2) is 0 Å². The molecule has 1 aromatic rings. The Morgan fingerprint density at radius 1 is 1.24 bits per heavy atom. The lowest BCUT2D eigenvalue weighted by Gasteiger charge is -2.11. The summed E-state index contributed by atoms with van der Waals surface area (Å²) < 4.78 is 5.29. The second-order valence-electron chi connectivity index (χ2n) is 4.61. The van der Waals surface area contributed by atoms with Crippen LogP contribution in [0.5, 0.6) is 6.01 Å². The number of aromatic nitrogens is 3. The Labute approximate surface area is 101 Å². The Morgan fingerprint density at radius 2 is 1.94 bits per heavy atom. The molecule has 2 rings (SSSR count). The van der Waals surface area contributed by atoms with E-state index in [4.69, 9.17) is 4.74 Å². The summed E-state index contributed by atoms with van der Waals surface area (Å²) in [5.74, 6) is 1.09. The van der Waals surface area contributed by atoms with E-state index in [1.165, 1.54) is 12.8 Å². The molecule has 1 aromatic heterocycles. The number of anilines is 2.